The first kappa shape index (κ1) is 16.2. The van der Waals surface area contributed by atoms with Crippen LogP contribution in [0.15, 0.2) is 6.20 Å². The van der Waals surface area contributed by atoms with E-state index in [-0.39, 0.29) is 0 Å². The third kappa shape index (κ3) is 3.92. The number of anilines is 1. The van der Waals surface area contributed by atoms with Crippen molar-refractivity contribution in [2.75, 3.05) is 38.1 Å². The lowest BCUT2D eigenvalue weighted by molar-refractivity contribution is 0.209. The Morgan fingerprint density at radius 2 is 1.81 bits per heavy atom. The van der Waals surface area contributed by atoms with Gasteiger partial charge in [0.2, 0.25) is 0 Å². The van der Waals surface area contributed by atoms with Gasteiger partial charge in [0, 0.05) is 44.7 Å². The first-order chi connectivity index (χ1) is 10.0. The van der Waals surface area contributed by atoms with Gasteiger partial charge in [-0.25, -0.2) is 9.97 Å². The van der Waals surface area contributed by atoms with E-state index in [4.69, 9.17) is 4.98 Å². The van der Waals surface area contributed by atoms with Gasteiger partial charge in [0.05, 0.1) is 17.6 Å². The molecule has 0 amide bonds. The molecule has 0 bridgehead atoms. The van der Waals surface area contributed by atoms with E-state index < -0.39 is 0 Å². The van der Waals surface area contributed by atoms with Crippen molar-refractivity contribution in [1.29, 1.82) is 0 Å². The molecule has 0 spiro atoms. The lowest BCUT2D eigenvalue weighted by Crippen LogP contribution is -2.49. The Hall–Kier alpha value is -1.20. The summed E-state index contributed by atoms with van der Waals surface area (Å²) in [5, 5.41) is 3.23. The maximum absolute atomic E-state index is 4.76. The van der Waals surface area contributed by atoms with E-state index in [1.807, 2.05) is 13.2 Å². The molecule has 21 heavy (non-hydrogen) atoms. The summed E-state index contributed by atoms with van der Waals surface area (Å²) in [6.45, 7) is 13.9. The quantitative estimate of drug-likeness (QED) is 0.897. The molecule has 0 aliphatic carbocycles. The van der Waals surface area contributed by atoms with E-state index in [9.17, 15) is 0 Å². The SMILES string of the molecule is CNCc1nc(C(C)C)ncc1N1CCN(C(C)C)CC1. The highest BCUT2D eigenvalue weighted by Crippen LogP contribution is 2.22. The van der Waals surface area contributed by atoms with Crippen molar-refractivity contribution < 1.29 is 0 Å². The van der Waals surface area contributed by atoms with Gasteiger partial charge in [0.1, 0.15) is 5.82 Å². The minimum atomic E-state index is 0.368. The fourth-order valence-corrected chi connectivity index (χ4v) is 2.75. The predicted octanol–water partition coefficient (Wildman–Crippen LogP) is 1.85. The zero-order chi connectivity index (χ0) is 15.4. The molecule has 1 fully saturated rings. The number of piperazine rings is 1. The largest absolute Gasteiger partial charge is 0.366 e. The second-order valence-electron chi connectivity index (χ2n) is 6.36. The molecule has 0 aromatic carbocycles. The summed E-state index contributed by atoms with van der Waals surface area (Å²) >= 11 is 0. The Morgan fingerprint density at radius 3 is 2.33 bits per heavy atom. The fourth-order valence-electron chi connectivity index (χ4n) is 2.75. The molecule has 1 aromatic rings. The van der Waals surface area contributed by atoms with E-state index in [0.29, 0.717) is 12.0 Å². The summed E-state index contributed by atoms with van der Waals surface area (Å²) < 4.78 is 0. The minimum Gasteiger partial charge on any atom is -0.366 e. The standard InChI is InChI=1S/C16H29N5/c1-12(2)16-18-11-15(14(19-16)10-17-5)21-8-6-20(7-9-21)13(3)4/h11-13,17H,6-10H2,1-5H3. The number of hydrogen-bond donors (Lipinski definition) is 1. The molecule has 5 nitrogen and oxygen atoms in total. The molecule has 1 saturated heterocycles. The number of nitrogens with one attached hydrogen (secondary N) is 1. The van der Waals surface area contributed by atoms with Gasteiger partial charge < -0.3 is 10.2 Å². The highest BCUT2D eigenvalue weighted by molar-refractivity contribution is 5.49. The third-order valence-electron chi connectivity index (χ3n) is 4.11. The molecular formula is C16H29N5. The first-order valence-corrected chi connectivity index (χ1v) is 8.02. The van der Waals surface area contributed by atoms with Gasteiger partial charge >= 0.3 is 0 Å². The molecule has 1 aliphatic heterocycles. The molecule has 1 aromatic heterocycles. The number of nitrogens with zero attached hydrogens (tertiary/aromatic N) is 4. The van der Waals surface area contributed by atoms with Gasteiger partial charge in [-0.2, -0.15) is 0 Å². The maximum atomic E-state index is 4.76. The maximum Gasteiger partial charge on any atom is 0.131 e. The summed E-state index contributed by atoms with van der Waals surface area (Å²) in [7, 11) is 1.97. The Kier molecular flexibility index (Phi) is 5.53. The predicted molar refractivity (Wildman–Crippen MR) is 87.8 cm³/mol. The van der Waals surface area contributed by atoms with Crippen LogP contribution < -0.4 is 10.2 Å². The second kappa shape index (κ2) is 7.18. The van der Waals surface area contributed by atoms with Crippen molar-refractivity contribution in [2.24, 2.45) is 0 Å². The Labute approximate surface area is 128 Å². The lowest BCUT2D eigenvalue weighted by Gasteiger charge is -2.38. The topological polar surface area (TPSA) is 44.3 Å². The Balaban J connectivity index is 2.15. The number of hydrogen-bond acceptors (Lipinski definition) is 5. The van der Waals surface area contributed by atoms with Crippen LogP contribution in [0.5, 0.6) is 0 Å². The van der Waals surface area contributed by atoms with Crippen LogP contribution in [0, 0.1) is 0 Å². The number of aromatic nitrogens is 2. The van der Waals surface area contributed by atoms with Crippen LogP contribution in [0.3, 0.4) is 0 Å². The molecule has 118 valence electrons. The van der Waals surface area contributed by atoms with Crippen LogP contribution in [-0.2, 0) is 6.54 Å². The Bertz CT molecular complexity index is 450. The molecule has 0 saturated carbocycles. The van der Waals surface area contributed by atoms with Crippen LogP contribution in [-0.4, -0.2) is 54.1 Å². The molecule has 0 unspecified atom stereocenters. The van der Waals surface area contributed by atoms with Crippen LogP contribution in [0.4, 0.5) is 5.69 Å². The zero-order valence-corrected chi connectivity index (χ0v) is 14.1. The van der Waals surface area contributed by atoms with E-state index in [2.05, 4.69) is 47.8 Å². The molecule has 0 radical (unpaired) electrons. The van der Waals surface area contributed by atoms with E-state index in [1.54, 1.807) is 0 Å². The van der Waals surface area contributed by atoms with Crippen molar-refractivity contribution in [3.05, 3.63) is 17.7 Å². The summed E-state index contributed by atoms with van der Waals surface area (Å²) in [4.78, 5) is 14.3. The average Bonchev–Trinajstić information content (AvgIpc) is 2.47. The lowest BCUT2D eigenvalue weighted by atomic mass is 10.2. The van der Waals surface area contributed by atoms with Crippen molar-refractivity contribution in [3.8, 4) is 0 Å². The van der Waals surface area contributed by atoms with Gasteiger partial charge in [0.15, 0.2) is 0 Å². The monoisotopic (exact) mass is 291 g/mol. The summed E-state index contributed by atoms with van der Waals surface area (Å²) in [6, 6.07) is 0.628. The molecule has 1 N–H and O–H groups in total. The fraction of sp³-hybridized carbons (Fsp3) is 0.750. The van der Waals surface area contributed by atoms with Gasteiger partial charge in [-0.3, -0.25) is 4.90 Å². The van der Waals surface area contributed by atoms with Crippen LogP contribution in [0.25, 0.3) is 0 Å². The van der Waals surface area contributed by atoms with Gasteiger partial charge in [0.25, 0.3) is 0 Å². The van der Waals surface area contributed by atoms with E-state index in [1.165, 1.54) is 5.69 Å². The van der Waals surface area contributed by atoms with Crippen LogP contribution >= 0.6 is 0 Å². The minimum absolute atomic E-state index is 0.368. The van der Waals surface area contributed by atoms with Gasteiger partial charge in [-0.1, -0.05) is 13.8 Å². The molecule has 1 aliphatic rings. The normalized spacial score (nSPS) is 17.0. The Morgan fingerprint density at radius 1 is 1.14 bits per heavy atom. The molecule has 2 rings (SSSR count). The number of rotatable bonds is 5. The second-order valence-corrected chi connectivity index (χ2v) is 6.36. The van der Waals surface area contributed by atoms with Gasteiger partial charge in [-0.05, 0) is 20.9 Å². The summed E-state index contributed by atoms with van der Waals surface area (Å²) in [5.74, 6) is 1.30. The third-order valence-corrected chi connectivity index (χ3v) is 4.11. The molecular weight excluding hydrogens is 262 g/mol. The zero-order valence-electron chi connectivity index (χ0n) is 14.1. The highest BCUT2D eigenvalue weighted by Gasteiger charge is 2.22. The van der Waals surface area contributed by atoms with Crippen molar-refractivity contribution in [3.63, 3.8) is 0 Å². The highest BCUT2D eigenvalue weighted by atomic mass is 15.3. The van der Waals surface area contributed by atoms with Crippen LogP contribution in [0.2, 0.25) is 0 Å². The van der Waals surface area contributed by atoms with Crippen molar-refractivity contribution >= 4 is 5.69 Å². The first-order valence-electron chi connectivity index (χ1n) is 8.02. The smallest absolute Gasteiger partial charge is 0.131 e. The van der Waals surface area contributed by atoms with Gasteiger partial charge in [-0.15, -0.1) is 0 Å². The molecule has 2 heterocycles. The van der Waals surface area contributed by atoms with E-state index >= 15 is 0 Å². The van der Waals surface area contributed by atoms with Crippen molar-refractivity contribution in [1.82, 2.24) is 20.2 Å². The average molecular weight is 291 g/mol. The van der Waals surface area contributed by atoms with Crippen molar-refractivity contribution in [2.45, 2.75) is 46.2 Å². The van der Waals surface area contributed by atoms with Crippen LogP contribution in [0.1, 0.15) is 45.1 Å². The molecule has 0 atom stereocenters. The van der Waals surface area contributed by atoms with E-state index in [0.717, 1.165) is 44.2 Å². The summed E-state index contributed by atoms with van der Waals surface area (Å²) in [6.07, 6.45) is 2.01. The molecule has 5 heteroatoms. The summed E-state index contributed by atoms with van der Waals surface area (Å²) in [5.41, 5.74) is 2.31.